The molecule has 0 bridgehead atoms. The molecule has 0 saturated carbocycles. The molecule has 156 valence electrons. The Balaban J connectivity index is 2.23. The molecule has 0 aliphatic carbocycles. The highest BCUT2D eigenvalue weighted by atomic mass is 16.5. The molecule has 0 saturated heterocycles. The minimum absolute atomic E-state index is 0.0703. The number of nitrogens with one attached hydrogen (secondary N) is 2. The van der Waals surface area contributed by atoms with E-state index in [9.17, 15) is 9.59 Å². The first kappa shape index (κ1) is 22.3. The zero-order valence-electron chi connectivity index (χ0n) is 17.7. The summed E-state index contributed by atoms with van der Waals surface area (Å²) >= 11 is 0. The van der Waals surface area contributed by atoms with Crippen molar-refractivity contribution >= 4 is 36.3 Å². The fraction of sp³-hybridized carbons (Fsp3) is 0.455. The second kappa shape index (κ2) is 10.5. The fourth-order valence-electron chi connectivity index (χ4n) is 2.96. The van der Waals surface area contributed by atoms with Crippen molar-refractivity contribution in [3.8, 4) is 0 Å². The van der Waals surface area contributed by atoms with Crippen LogP contribution >= 0.6 is 0 Å². The third-order valence-corrected chi connectivity index (χ3v) is 4.71. The molecule has 1 aromatic rings. The first-order valence-electron chi connectivity index (χ1n) is 9.95. The molecule has 1 aliphatic heterocycles. The largest absolute Gasteiger partial charge is 0.453 e. The summed E-state index contributed by atoms with van der Waals surface area (Å²) in [5.41, 5.74) is 0.816. The number of amides is 2. The summed E-state index contributed by atoms with van der Waals surface area (Å²) in [7, 11) is 1.29. The molecular formula is C22H31N4O3+. The number of hydrogen-bond acceptors (Lipinski definition) is 4. The Morgan fingerprint density at radius 3 is 2.55 bits per heavy atom. The van der Waals surface area contributed by atoms with Crippen molar-refractivity contribution in [3.63, 3.8) is 0 Å². The highest BCUT2D eigenvalue weighted by molar-refractivity contribution is 6.07. The summed E-state index contributed by atoms with van der Waals surface area (Å²) in [5.74, 6) is 0.487. The number of aliphatic imine (C=N–C) groups is 1. The van der Waals surface area contributed by atoms with Gasteiger partial charge in [-0.25, -0.2) is 9.79 Å². The second-order valence-corrected chi connectivity index (χ2v) is 7.40. The first-order chi connectivity index (χ1) is 13.8. The molecule has 1 aromatic carbocycles. The fourth-order valence-corrected chi connectivity index (χ4v) is 2.96. The van der Waals surface area contributed by atoms with Gasteiger partial charge in [-0.2, -0.15) is 0 Å². The van der Waals surface area contributed by atoms with Gasteiger partial charge < -0.3 is 15.0 Å². The van der Waals surface area contributed by atoms with E-state index in [0.717, 1.165) is 29.0 Å². The van der Waals surface area contributed by atoms with Gasteiger partial charge in [0.25, 0.3) is 0 Å². The first-order valence-corrected chi connectivity index (χ1v) is 9.95. The van der Waals surface area contributed by atoms with Crippen LogP contribution in [0.15, 0.2) is 29.3 Å². The predicted molar refractivity (Wildman–Crippen MR) is 115 cm³/mol. The van der Waals surface area contributed by atoms with Crippen molar-refractivity contribution in [2.45, 2.75) is 39.7 Å². The average Bonchev–Trinajstić information content (AvgIpc) is 3.17. The molecule has 7 heteroatoms. The van der Waals surface area contributed by atoms with Crippen LogP contribution in [0.5, 0.6) is 0 Å². The number of carbonyl (C=O) groups excluding carboxylic acids is 2. The number of hydrogen-bond donors (Lipinski definition) is 2. The van der Waals surface area contributed by atoms with Gasteiger partial charge in [0.15, 0.2) is 0 Å². The Kier molecular flexibility index (Phi) is 8.12. The van der Waals surface area contributed by atoms with Gasteiger partial charge in [-0.3, -0.25) is 4.79 Å². The van der Waals surface area contributed by atoms with Crippen molar-refractivity contribution in [2.24, 2.45) is 10.9 Å². The van der Waals surface area contributed by atoms with Crippen LogP contribution < -0.4 is 20.7 Å². The summed E-state index contributed by atoms with van der Waals surface area (Å²) in [6, 6.07) is 7.16. The molecular weight excluding hydrogens is 368 g/mol. The molecule has 1 unspecified atom stereocenters. The van der Waals surface area contributed by atoms with Gasteiger partial charge in [0.05, 0.1) is 7.11 Å². The van der Waals surface area contributed by atoms with E-state index in [1.165, 1.54) is 7.11 Å². The Morgan fingerprint density at radius 2 is 1.97 bits per heavy atom. The molecule has 1 heterocycles. The van der Waals surface area contributed by atoms with E-state index in [2.05, 4.69) is 33.5 Å². The van der Waals surface area contributed by atoms with Crippen molar-refractivity contribution < 1.29 is 19.3 Å². The molecule has 2 amide bonds. The summed E-state index contributed by atoms with van der Waals surface area (Å²) in [5, 5.41) is 4.58. The molecule has 2 rings (SSSR count). The number of unbranched alkanes of at least 4 members (excludes halogenated alkanes) is 1. The molecule has 1 atom stereocenters. The van der Waals surface area contributed by atoms with Crippen LogP contribution in [0.1, 0.15) is 33.6 Å². The number of amidine groups is 1. The molecule has 2 N–H and O–H groups in total. The van der Waals surface area contributed by atoms with Crippen molar-refractivity contribution in [3.05, 3.63) is 34.7 Å². The van der Waals surface area contributed by atoms with Gasteiger partial charge in [0.1, 0.15) is 18.8 Å². The predicted octanol–water partition coefficient (Wildman–Crippen LogP) is -0.222. The van der Waals surface area contributed by atoms with Crippen molar-refractivity contribution in [2.75, 3.05) is 20.2 Å². The van der Waals surface area contributed by atoms with Crippen LogP contribution in [-0.2, 0) is 9.53 Å². The van der Waals surface area contributed by atoms with E-state index in [1.54, 1.807) is 4.90 Å². The van der Waals surface area contributed by atoms with Crippen molar-refractivity contribution in [1.29, 1.82) is 0 Å². The van der Waals surface area contributed by atoms with Crippen LogP contribution in [0.3, 0.4) is 0 Å². The van der Waals surface area contributed by atoms with E-state index >= 15 is 0 Å². The second-order valence-electron chi connectivity index (χ2n) is 7.40. The number of alkyl carbamates (subject to hydrolysis) is 1. The number of carbonyl (C=O) groups is 2. The van der Waals surface area contributed by atoms with Crippen LogP contribution in [0.4, 0.5) is 4.79 Å². The molecule has 1 aliphatic rings. The van der Waals surface area contributed by atoms with Gasteiger partial charge in [0.2, 0.25) is 11.6 Å². The SMILES string of the molecule is C=c1ccc(=C2C=[NH+]C(CN(CCCC)C(=O)C(NC(=O)OC)C(C)C)=N2)cc1. The molecule has 0 aromatic heterocycles. The standard InChI is InChI=1S/C22H30N4O3/c1-6-7-12-26(21(27)20(15(2)3)25-22(28)29-5)14-19-23-13-18(24-19)17-10-8-16(4)9-11-17/h8-11,13,15,20H,4,6-7,12,14H2,1-3,5H3,(H,25,28)/p+1. The lowest BCUT2D eigenvalue weighted by Gasteiger charge is -2.28. The van der Waals surface area contributed by atoms with Gasteiger partial charge >= 0.3 is 11.9 Å². The van der Waals surface area contributed by atoms with Crippen LogP contribution in [0.2, 0.25) is 0 Å². The maximum absolute atomic E-state index is 13.2. The minimum Gasteiger partial charge on any atom is -0.453 e. The molecule has 0 radical (unpaired) electrons. The summed E-state index contributed by atoms with van der Waals surface area (Å²) < 4.78 is 4.68. The molecule has 0 spiro atoms. The lowest BCUT2D eigenvalue weighted by Crippen LogP contribution is -2.74. The highest BCUT2D eigenvalue weighted by Crippen LogP contribution is 2.09. The van der Waals surface area contributed by atoms with Crippen LogP contribution in [-0.4, -0.2) is 55.2 Å². The maximum Gasteiger partial charge on any atom is 0.407 e. The lowest BCUT2D eigenvalue weighted by molar-refractivity contribution is -0.308. The summed E-state index contributed by atoms with van der Waals surface area (Å²) in [4.78, 5) is 34.4. The smallest absolute Gasteiger partial charge is 0.407 e. The van der Waals surface area contributed by atoms with Gasteiger partial charge in [-0.15, -0.1) is 0 Å². The number of rotatable bonds is 8. The number of methoxy groups -OCH3 is 1. The van der Waals surface area contributed by atoms with Gasteiger partial charge in [-0.05, 0) is 34.7 Å². The topological polar surface area (TPSA) is 85.0 Å². The Labute approximate surface area is 171 Å². The zero-order chi connectivity index (χ0) is 21.4. The van der Waals surface area contributed by atoms with Crippen LogP contribution in [0, 0.1) is 5.92 Å². The lowest BCUT2D eigenvalue weighted by atomic mass is 10.0. The summed E-state index contributed by atoms with van der Waals surface area (Å²) in [6.07, 6.45) is 3.05. The zero-order valence-corrected chi connectivity index (χ0v) is 17.7. The molecule has 29 heavy (non-hydrogen) atoms. The Morgan fingerprint density at radius 1 is 1.28 bits per heavy atom. The van der Waals surface area contributed by atoms with Crippen molar-refractivity contribution in [1.82, 2.24) is 10.2 Å². The van der Waals surface area contributed by atoms with E-state index in [-0.39, 0.29) is 11.8 Å². The number of benzene rings is 1. The molecule has 0 fully saturated rings. The van der Waals surface area contributed by atoms with E-state index in [1.807, 2.05) is 44.3 Å². The monoisotopic (exact) mass is 399 g/mol. The normalized spacial score (nSPS) is 14.0. The third kappa shape index (κ3) is 6.27. The summed E-state index contributed by atoms with van der Waals surface area (Å²) in [6.45, 7) is 10.7. The highest BCUT2D eigenvalue weighted by Gasteiger charge is 2.31. The van der Waals surface area contributed by atoms with Gasteiger partial charge in [-0.1, -0.05) is 45.9 Å². The molecule has 7 nitrogen and oxygen atoms in total. The third-order valence-electron chi connectivity index (χ3n) is 4.71. The Hall–Kier alpha value is -2.96. The van der Waals surface area contributed by atoms with E-state index in [0.29, 0.717) is 18.9 Å². The van der Waals surface area contributed by atoms with E-state index < -0.39 is 12.1 Å². The minimum atomic E-state index is -0.654. The number of nitrogens with zero attached hydrogens (tertiary/aromatic N) is 2. The quantitative estimate of drug-likeness (QED) is 0.634. The van der Waals surface area contributed by atoms with Gasteiger partial charge in [0, 0.05) is 11.8 Å². The number of ether oxygens (including phenoxy) is 1. The van der Waals surface area contributed by atoms with E-state index in [4.69, 9.17) is 0 Å². The maximum atomic E-state index is 13.2. The van der Waals surface area contributed by atoms with Crippen LogP contribution in [0.25, 0.3) is 12.3 Å². The Bertz CT molecular complexity index is 882. The average molecular weight is 400 g/mol.